The number of aryl methyl sites for hydroxylation is 1. The summed E-state index contributed by atoms with van der Waals surface area (Å²) in [6.07, 6.45) is 1.57. The third kappa shape index (κ3) is 5.28. The van der Waals surface area contributed by atoms with Crippen LogP contribution in [0, 0.1) is 6.92 Å². The van der Waals surface area contributed by atoms with Gasteiger partial charge in [-0.1, -0.05) is 41.4 Å². The molecule has 0 radical (unpaired) electrons. The molecule has 0 spiro atoms. The number of carbonyl (C=O) groups excluding carboxylic acids is 1. The van der Waals surface area contributed by atoms with E-state index < -0.39 is 0 Å². The average molecular weight is 302 g/mol. The van der Waals surface area contributed by atoms with Crippen LogP contribution in [-0.2, 0) is 4.79 Å². The summed E-state index contributed by atoms with van der Waals surface area (Å²) in [5.74, 6) is -0.208. The van der Waals surface area contributed by atoms with Crippen LogP contribution >= 0.6 is 11.6 Å². The number of carbonyl (C=O) groups is 1. The van der Waals surface area contributed by atoms with Crippen molar-refractivity contribution in [2.45, 2.75) is 6.92 Å². The van der Waals surface area contributed by atoms with Crippen molar-refractivity contribution in [2.75, 3.05) is 11.9 Å². The van der Waals surface area contributed by atoms with E-state index in [1.165, 1.54) is 5.56 Å². The van der Waals surface area contributed by atoms with Crippen molar-refractivity contribution in [3.05, 3.63) is 64.7 Å². The molecule has 2 aromatic carbocycles. The number of anilines is 1. The van der Waals surface area contributed by atoms with Crippen molar-refractivity contribution >= 4 is 29.4 Å². The fourth-order valence-electron chi connectivity index (χ4n) is 1.62. The highest BCUT2D eigenvalue weighted by Crippen LogP contribution is 2.08. The van der Waals surface area contributed by atoms with E-state index >= 15 is 0 Å². The van der Waals surface area contributed by atoms with Gasteiger partial charge in [0, 0.05) is 10.7 Å². The van der Waals surface area contributed by atoms with Crippen LogP contribution in [0.1, 0.15) is 11.1 Å². The second-order valence-electron chi connectivity index (χ2n) is 4.56. The first kappa shape index (κ1) is 15.1. The zero-order valence-corrected chi connectivity index (χ0v) is 12.4. The summed E-state index contributed by atoms with van der Waals surface area (Å²) in [6.45, 7) is 2.18. The molecule has 0 fully saturated rings. The molecule has 2 aromatic rings. The second-order valence-corrected chi connectivity index (χ2v) is 5.00. The molecule has 2 rings (SSSR count). The quantitative estimate of drug-likeness (QED) is 0.658. The van der Waals surface area contributed by atoms with Gasteiger partial charge in [-0.3, -0.25) is 4.79 Å². The Labute approximate surface area is 128 Å². The van der Waals surface area contributed by atoms with Gasteiger partial charge in [0.05, 0.1) is 12.8 Å². The average Bonchev–Trinajstić information content (AvgIpc) is 2.49. The first-order valence-electron chi connectivity index (χ1n) is 6.51. The van der Waals surface area contributed by atoms with E-state index in [2.05, 4.69) is 15.8 Å². The Morgan fingerprint density at radius 1 is 1.14 bits per heavy atom. The van der Waals surface area contributed by atoms with E-state index in [9.17, 15) is 4.79 Å². The van der Waals surface area contributed by atoms with Crippen molar-refractivity contribution in [3.8, 4) is 0 Å². The van der Waals surface area contributed by atoms with E-state index in [0.717, 1.165) is 11.3 Å². The van der Waals surface area contributed by atoms with Gasteiger partial charge in [-0.15, -0.1) is 0 Å². The summed E-state index contributed by atoms with van der Waals surface area (Å²) in [6, 6.07) is 15.0. The lowest BCUT2D eigenvalue weighted by atomic mass is 10.2. The van der Waals surface area contributed by atoms with Gasteiger partial charge in [0.15, 0.2) is 0 Å². The number of rotatable bonds is 5. The molecule has 21 heavy (non-hydrogen) atoms. The second kappa shape index (κ2) is 7.45. The van der Waals surface area contributed by atoms with Crippen molar-refractivity contribution in [3.63, 3.8) is 0 Å². The van der Waals surface area contributed by atoms with Crippen LogP contribution in [0.25, 0.3) is 0 Å². The Morgan fingerprint density at radius 2 is 1.81 bits per heavy atom. The lowest BCUT2D eigenvalue weighted by Gasteiger charge is -2.05. The summed E-state index contributed by atoms with van der Waals surface area (Å²) >= 11 is 5.78. The SMILES string of the molecule is Cc1ccc(NCC(=O)N/N=C\c2ccc(Cl)cc2)cc1. The molecule has 0 atom stereocenters. The zero-order chi connectivity index (χ0) is 15.1. The smallest absolute Gasteiger partial charge is 0.259 e. The molecule has 4 nitrogen and oxygen atoms in total. The minimum atomic E-state index is -0.208. The summed E-state index contributed by atoms with van der Waals surface area (Å²) < 4.78 is 0. The maximum absolute atomic E-state index is 11.6. The normalized spacial score (nSPS) is 10.6. The minimum Gasteiger partial charge on any atom is -0.376 e. The van der Waals surface area contributed by atoms with Gasteiger partial charge in [0.25, 0.3) is 5.91 Å². The molecule has 0 aliphatic heterocycles. The molecular formula is C16H16ClN3O. The van der Waals surface area contributed by atoms with Crippen LogP contribution in [0.4, 0.5) is 5.69 Å². The molecule has 5 heteroatoms. The lowest BCUT2D eigenvalue weighted by Crippen LogP contribution is -2.25. The Kier molecular flexibility index (Phi) is 5.35. The van der Waals surface area contributed by atoms with Gasteiger partial charge >= 0.3 is 0 Å². The molecule has 0 unspecified atom stereocenters. The van der Waals surface area contributed by atoms with Crippen molar-refractivity contribution < 1.29 is 4.79 Å². The fourth-order valence-corrected chi connectivity index (χ4v) is 1.75. The monoisotopic (exact) mass is 301 g/mol. The molecule has 0 saturated heterocycles. The van der Waals surface area contributed by atoms with Crippen LogP contribution < -0.4 is 10.7 Å². The van der Waals surface area contributed by atoms with Gasteiger partial charge in [-0.25, -0.2) is 5.43 Å². The molecule has 0 saturated carbocycles. The highest BCUT2D eigenvalue weighted by Gasteiger charge is 1.99. The van der Waals surface area contributed by atoms with Crippen LogP contribution in [0.3, 0.4) is 0 Å². The molecular weight excluding hydrogens is 286 g/mol. The van der Waals surface area contributed by atoms with Crippen LogP contribution in [0.5, 0.6) is 0 Å². The predicted octanol–water partition coefficient (Wildman–Crippen LogP) is 3.21. The molecule has 0 aliphatic carbocycles. The summed E-state index contributed by atoms with van der Waals surface area (Å²) in [5.41, 5.74) is 5.41. The Bertz CT molecular complexity index is 621. The summed E-state index contributed by atoms with van der Waals surface area (Å²) in [7, 11) is 0. The van der Waals surface area contributed by atoms with E-state index in [1.54, 1.807) is 18.3 Å². The summed E-state index contributed by atoms with van der Waals surface area (Å²) in [5, 5.41) is 7.58. The predicted molar refractivity (Wildman–Crippen MR) is 86.9 cm³/mol. The number of hydrazone groups is 1. The summed E-state index contributed by atoms with van der Waals surface area (Å²) in [4.78, 5) is 11.6. The highest BCUT2D eigenvalue weighted by atomic mass is 35.5. The van der Waals surface area contributed by atoms with E-state index in [0.29, 0.717) is 5.02 Å². The number of halogens is 1. The molecule has 0 bridgehead atoms. The molecule has 0 aliphatic rings. The third-order valence-electron chi connectivity index (χ3n) is 2.78. The number of hydrogen-bond acceptors (Lipinski definition) is 3. The Morgan fingerprint density at radius 3 is 2.48 bits per heavy atom. The van der Waals surface area contributed by atoms with Gasteiger partial charge < -0.3 is 5.32 Å². The molecule has 0 aromatic heterocycles. The Balaban J connectivity index is 1.77. The number of nitrogens with one attached hydrogen (secondary N) is 2. The fraction of sp³-hybridized carbons (Fsp3) is 0.125. The first-order chi connectivity index (χ1) is 10.1. The van der Waals surface area contributed by atoms with Crippen molar-refractivity contribution in [1.82, 2.24) is 5.43 Å². The molecule has 108 valence electrons. The van der Waals surface area contributed by atoms with E-state index in [1.807, 2.05) is 43.3 Å². The van der Waals surface area contributed by atoms with E-state index in [4.69, 9.17) is 11.6 Å². The zero-order valence-electron chi connectivity index (χ0n) is 11.6. The van der Waals surface area contributed by atoms with Gasteiger partial charge in [0.1, 0.15) is 0 Å². The largest absolute Gasteiger partial charge is 0.376 e. The first-order valence-corrected chi connectivity index (χ1v) is 6.89. The number of benzene rings is 2. The van der Waals surface area contributed by atoms with Gasteiger partial charge in [-0.05, 0) is 36.8 Å². The highest BCUT2D eigenvalue weighted by molar-refractivity contribution is 6.30. The number of nitrogens with zero attached hydrogens (tertiary/aromatic N) is 1. The standard InChI is InChI=1S/C16H16ClN3O/c1-12-2-8-15(9-3-12)18-11-16(21)20-19-10-13-4-6-14(17)7-5-13/h2-10,18H,11H2,1H3,(H,20,21)/b19-10-. The topological polar surface area (TPSA) is 53.5 Å². The van der Waals surface area contributed by atoms with Crippen LogP contribution in [-0.4, -0.2) is 18.7 Å². The molecule has 1 amide bonds. The van der Waals surface area contributed by atoms with Gasteiger partial charge in [0.2, 0.25) is 0 Å². The third-order valence-corrected chi connectivity index (χ3v) is 3.03. The van der Waals surface area contributed by atoms with Crippen LogP contribution in [0.15, 0.2) is 53.6 Å². The number of hydrogen-bond donors (Lipinski definition) is 2. The molecule has 0 heterocycles. The molecule has 2 N–H and O–H groups in total. The van der Waals surface area contributed by atoms with Crippen LogP contribution in [0.2, 0.25) is 5.02 Å². The minimum absolute atomic E-state index is 0.168. The van der Waals surface area contributed by atoms with E-state index in [-0.39, 0.29) is 12.5 Å². The van der Waals surface area contributed by atoms with Gasteiger partial charge in [-0.2, -0.15) is 5.10 Å². The van der Waals surface area contributed by atoms with Crippen molar-refractivity contribution in [1.29, 1.82) is 0 Å². The maximum atomic E-state index is 11.6. The van der Waals surface area contributed by atoms with Crippen molar-refractivity contribution in [2.24, 2.45) is 5.10 Å². The Hall–Kier alpha value is -2.33. The lowest BCUT2D eigenvalue weighted by molar-refractivity contribution is -0.119. The maximum Gasteiger partial charge on any atom is 0.259 e. The number of amides is 1.